The topological polar surface area (TPSA) is 217 Å². The Labute approximate surface area is 223 Å². The molecule has 0 saturated carbocycles. The maximum absolute atomic E-state index is 13.0. The van der Waals surface area contributed by atoms with Gasteiger partial charge in [0.2, 0.25) is 5.60 Å². The second-order valence-electron chi connectivity index (χ2n) is 9.48. The summed E-state index contributed by atoms with van der Waals surface area (Å²) in [5.74, 6) is -4.00. The van der Waals surface area contributed by atoms with Gasteiger partial charge in [-0.2, -0.15) is 8.42 Å². The minimum atomic E-state index is -4.61. The van der Waals surface area contributed by atoms with E-state index in [4.69, 9.17) is 19.5 Å². The molecule has 4 N–H and O–H groups in total. The number of nitrogens with one attached hydrogen (secondary N) is 1. The molecular formula is C21H31N5O10S2. The number of anilines is 1. The van der Waals surface area contributed by atoms with Gasteiger partial charge in [0, 0.05) is 5.38 Å². The Morgan fingerprint density at radius 3 is 2.42 bits per heavy atom. The summed E-state index contributed by atoms with van der Waals surface area (Å²) in [6, 6.07) is -2.36. The Bertz CT molecular complexity index is 1220. The SMILES string of the molecule is CCCOC(=O)C(C)(C)COS(=O)(=O)N1C(=O)[C@@H](NC(=O)/C(=N/OC(C)(C)C(=O)O)c2csc(N)n2)[C@@H]1C. The first-order valence-corrected chi connectivity index (χ1v) is 13.6. The molecule has 1 aliphatic heterocycles. The van der Waals surface area contributed by atoms with Crippen LogP contribution in [0.3, 0.4) is 0 Å². The van der Waals surface area contributed by atoms with Gasteiger partial charge < -0.3 is 25.7 Å². The van der Waals surface area contributed by atoms with E-state index in [0.717, 1.165) is 11.3 Å². The van der Waals surface area contributed by atoms with Crippen molar-refractivity contribution >= 4 is 56.2 Å². The number of ether oxygens (including phenoxy) is 1. The lowest BCUT2D eigenvalue weighted by Crippen LogP contribution is -2.71. The van der Waals surface area contributed by atoms with Gasteiger partial charge in [-0.1, -0.05) is 12.1 Å². The number of aliphatic carboxylic acids is 1. The number of carboxylic acids is 1. The summed E-state index contributed by atoms with van der Waals surface area (Å²) < 4.78 is 35.8. The number of nitrogens with two attached hydrogens (primary N) is 1. The summed E-state index contributed by atoms with van der Waals surface area (Å²) in [6.45, 7) is 8.02. The molecule has 38 heavy (non-hydrogen) atoms. The van der Waals surface area contributed by atoms with Crippen LogP contribution in [0.2, 0.25) is 0 Å². The lowest BCUT2D eigenvalue weighted by Gasteiger charge is -2.43. The molecule has 0 aliphatic carbocycles. The van der Waals surface area contributed by atoms with Gasteiger partial charge in [-0.15, -0.1) is 11.3 Å². The van der Waals surface area contributed by atoms with E-state index >= 15 is 0 Å². The Hall–Kier alpha value is -3.31. The second-order valence-corrected chi connectivity index (χ2v) is 11.9. The zero-order valence-electron chi connectivity index (χ0n) is 21.7. The summed E-state index contributed by atoms with van der Waals surface area (Å²) >= 11 is 0.977. The van der Waals surface area contributed by atoms with Crippen LogP contribution in [0.4, 0.5) is 5.13 Å². The molecule has 1 aromatic heterocycles. The average Bonchev–Trinajstić information content (AvgIpc) is 3.25. The molecular weight excluding hydrogens is 546 g/mol. The molecule has 0 aromatic carbocycles. The number of β-lactam (4-membered cyclic amide) rings is 1. The summed E-state index contributed by atoms with van der Waals surface area (Å²) in [7, 11) is -4.61. The normalized spacial score (nSPS) is 18.5. The van der Waals surface area contributed by atoms with Crippen LogP contribution in [0.15, 0.2) is 10.5 Å². The molecule has 2 rings (SSSR count). The Morgan fingerprint density at radius 1 is 1.29 bits per heavy atom. The van der Waals surface area contributed by atoms with Crippen LogP contribution in [0.5, 0.6) is 0 Å². The third-order valence-electron chi connectivity index (χ3n) is 5.28. The first-order valence-electron chi connectivity index (χ1n) is 11.4. The number of hydrogen-bond donors (Lipinski definition) is 3. The molecule has 0 bridgehead atoms. The van der Waals surface area contributed by atoms with E-state index in [0.29, 0.717) is 10.7 Å². The number of rotatable bonds is 13. The van der Waals surface area contributed by atoms with Gasteiger partial charge >= 0.3 is 22.2 Å². The highest BCUT2D eigenvalue weighted by Gasteiger charge is 2.53. The van der Waals surface area contributed by atoms with E-state index < -0.39 is 69.5 Å². The third-order valence-corrected chi connectivity index (χ3v) is 7.37. The van der Waals surface area contributed by atoms with Crippen LogP contribution < -0.4 is 11.1 Å². The van der Waals surface area contributed by atoms with Gasteiger partial charge in [0.05, 0.1) is 24.7 Å². The summed E-state index contributed by atoms with van der Waals surface area (Å²) in [4.78, 5) is 58.1. The van der Waals surface area contributed by atoms with Crippen LogP contribution >= 0.6 is 11.3 Å². The van der Waals surface area contributed by atoms with E-state index in [1.807, 2.05) is 0 Å². The Balaban J connectivity index is 2.14. The molecule has 1 saturated heterocycles. The first kappa shape index (κ1) is 30.9. The molecule has 0 radical (unpaired) electrons. The highest BCUT2D eigenvalue weighted by atomic mass is 32.2. The lowest BCUT2D eigenvalue weighted by molar-refractivity contribution is -0.161. The molecule has 2 heterocycles. The monoisotopic (exact) mass is 577 g/mol. The third kappa shape index (κ3) is 6.96. The predicted octanol–water partition coefficient (Wildman–Crippen LogP) is 0.266. The molecule has 212 valence electrons. The number of amides is 2. The van der Waals surface area contributed by atoms with Gasteiger partial charge in [0.25, 0.3) is 11.8 Å². The molecule has 1 fully saturated rings. The number of hydrogen-bond acceptors (Lipinski definition) is 13. The fourth-order valence-corrected chi connectivity index (χ4v) is 4.80. The van der Waals surface area contributed by atoms with Crippen molar-refractivity contribution in [3.05, 3.63) is 11.1 Å². The van der Waals surface area contributed by atoms with E-state index in [1.54, 1.807) is 6.92 Å². The van der Waals surface area contributed by atoms with Crippen molar-refractivity contribution in [1.29, 1.82) is 0 Å². The number of carboxylic acid groups (broad SMARTS) is 1. The van der Waals surface area contributed by atoms with Crippen molar-refractivity contribution in [2.45, 2.75) is 65.6 Å². The van der Waals surface area contributed by atoms with Gasteiger partial charge in [-0.25, -0.2) is 14.1 Å². The van der Waals surface area contributed by atoms with Gasteiger partial charge in [-0.3, -0.25) is 18.6 Å². The van der Waals surface area contributed by atoms with Gasteiger partial charge in [0.1, 0.15) is 11.7 Å². The predicted molar refractivity (Wildman–Crippen MR) is 134 cm³/mol. The van der Waals surface area contributed by atoms with Gasteiger partial charge in [-0.05, 0) is 41.0 Å². The minimum Gasteiger partial charge on any atom is -0.478 e. The van der Waals surface area contributed by atoms with Crippen LogP contribution in [0.25, 0.3) is 0 Å². The number of oxime groups is 1. The molecule has 2 atom stereocenters. The Morgan fingerprint density at radius 2 is 1.92 bits per heavy atom. The number of carbonyl (C=O) groups is 4. The smallest absolute Gasteiger partial charge is 0.365 e. The van der Waals surface area contributed by atoms with E-state index in [-0.39, 0.29) is 17.4 Å². The van der Waals surface area contributed by atoms with E-state index in [9.17, 15) is 32.7 Å². The van der Waals surface area contributed by atoms with Crippen molar-refractivity contribution < 1.29 is 46.5 Å². The lowest BCUT2D eigenvalue weighted by atomic mass is 9.95. The average molecular weight is 578 g/mol. The summed E-state index contributed by atoms with van der Waals surface area (Å²) in [5.41, 5.74) is 1.98. The summed E-state index contributed by atoms with van der Waals surface area (Å²) in [6.07, 6.45) is 0.583. The molecule has 1 aliphatic rings. The van der Waals surface area contributed by atoms with Gasteiger partial charge in [0.15, 0.2) is 10.8 Å². The van der Waals surface area contributed by atoms with Crippen molar-refractivity contribution in [2.24, 2.45) is 10.6 Å². The molecule has 0 spiro atoms. The van der Waals surface area contributed by atoms with Crippen LogP contribution in [0, 0.1) is 5.41 Å². The minimum absolute atomic E-state index is 0.0457. The van der Waals surface area contributed by atoms with Crippen molar-refractivity contribution in [3.8, 4) is 0 Å². The molecule has 2 amide bonds. The van der Waals surface area contributed by atoms with Crippen LogP contribution in [0.1, 0.15) is 53.7 Å². The number of carbonyl (C=O) groups excluding carboxylic acids is 3. The zero-order valence-corrected chi connectivity index (χ0v) is 23.3. The molecule has 0 unspecified atom stereocenters. The van der Waals surface area contributed by atoms with Crippen molar-refractivity contribution in [1.82, 2.24) is 14.6 Å². The highest BCUT2D eigenvalue weighted by molar-refractivity contribution is 7.85. The molecule has 17 heteroatoms. The number of nitrogens with zero attached hydrogens (tertiary/aromatic N) is 3. The fraction of sp³-hybridized carbons (Fsp3) is 0.619. The quantitative estimate of drug-likeness (QED) is 0.124. The molecule has 1 aromatic rings. The number of nitrogen functional groups attached to an aromatic ring is 1. The second kappa shape index (κ2) is 11.6. The van der Waals surface area contributed by atoms with E-state index in [2.05, 4.69) is 15.5 Å². The number of esters is 1. The number of aromatic nitrogens is 1. The standard InChI is InChI=1S/C21H31N5O10S2/c1-7-8-34-18(31)20(3,4)10-35-38(32,33)26-11(2)13(16(26)28)24-15(27)14(12-9-37-19(22)23-12)25-36-21(5,6)17(29)30/h9,11,13H,7-8,10H2,1-6H3,(H2,22,23)(H,24,27)(H,29,30)/b25-14+/t11-,13-/m0/s1. The summed E-state index contributed by atoms with van der Waals surface area (Å²) in [5, 5.41) is 16.7. The van der Waals surface area contributed by atoms with Crippen LogP contribution in [-0.4, -0.2) is 83.2 Å². The number of thiazole rings is 1. The van der Waals surface area contributed by atoms with Crippen LogP contribution in [-0.2, 0) is 43.2 Å². The maximum Gasteiger partial charge on any atom is 0.365 e. The largest absolute Gasteiger partial charge is 0.478 e. The van der Waals surface area contributed by atoms with Crippen molar-refractivity contribution in [2.75, 3.05) is 18.9 Å². The first-order chi connectivity index (χ1) is 17.4. The van der Waals surface area contributed by atoms with E-state index in [1.165, 1.54) is 40.0 Å². The highest BCUT2D eigenvalue weighted by Crippen LogP contribution is 2.27. The Kier molecular flexibility index (Phi) is 9.44. The zero-order chi connectivity index (χ0) is 29.1. The maximum atomic E-state index is 13.0. The molecule has 15 nitrogen and oxygen atoms in total. The van der Waals surface area contributed by atoms with Crippen molar-refractivity contribution in [3.63, 3.8) is 0 Å². The fourth-order valence-electron chi connectivity index (χ4n) is 2.83.